The maximum Gasteiger partial charge on any atom is 0.219 e. The fourth-order valence-corrected chi connectivity index (χ4v) is 1.78. The second kappa shape index (κ2) is 6.82. The smallest absolute Gasteiger partial charge is 0.219 e. The Balaban J connectivity index is 1.94. The second-order valence-electron chi connectivity index (χ2n) is 3.90. The van der Waals surface area contributed by atoms with Gasteiger partial charge in [0.15, 0.2) is 0 Å². The first-order valence-electron chi connectivity index (χ1n) is 5.67. The zero-order chi connectivity index (χ0) is 10.2. The molecule has 0 atom stereocenters. The van der Waals surface area contributed by atoms with E-state index in [1.807, 2.05) is 6.92 Å². The van der Waals surface area contributed by atoms with Crippen molar-refractivity contribution in [3.8, 4) is 0 Å². The predicted octanol–water partition coefficient (Wildman–Crippen LogP) is 1.72. The van der Waals surface area contributed by atoms with Crippen LogP contribution in [-0.4, -0.2) is 25.7 Å². The number of amides is 1. The molecule has 0 bridgehead atoms. The first-order valence-corrected chi connectivity index (χ1v) is 5.67. The lowest BCUT2D eigenvalue weighted by atomic mass is 9.95. The van der Waals surface area contributed by atoms with Gasteiger partial charge in [-0.25, -0.2) is 0 Å². The van der Waals surface area contributed by atoms with E-state index in [1.165, 1.54) is 19.3 Å². The minimum atomic E-state index is 0.164. The van der Waals surface area contributed by atoms with Gasteiger partial charge in [-0.15, -0.1) is 0 Å². The second-order valence-corrected chi connectivity index (χ2v) is 3.90. The first kappa shape index (κ1) is 11.5. The van der Waals surface area contributed by atoms with E-state index in [0.29, 0.717) is 6.42 Å². The summed E-state index contributed by atoms with van der Waals surface area (Å²) in [4.78, 5) is 10.9. The molecule has 0 aromatic heterocycles. The van der Waals surface area contributed by atoms with Crippen molar-refractivity contribution in [3.05, 3.63) is 0 Å². The summed E-state index contributed by atoms with van der Waals surface area (Å²) in [7, 11) is 0. The van der Waals surface area contributed by atoms with E-state index in [2.05, 4.69) is 5.32 Å². The van der Waals surface area contributed by atoms with Gasteiger partial charge in [-0.3, -0.25) is 4.79 Å². The summed E-state index contributed by atoms with van der Waals surface area (Å²) in [6, 6.07) is 0. The van der Waals surface area contributed by atoms with Crippen LogP contribution in [0, 0.1) is 5.92 Å². The molecule has 0 radical (unpaired) electrons. The summed E-state index contributed by atoms with van der Waals surface area (Å²) in [5.74, 6) is 0.985. The molecular weight excluding hydrogens is 178 g/mol. The molecule has 1 rings (SSSR count). The highest BCUT2D eigenvalue weighted by Crippen LogP contribution is 2.19. The fourth-order valence-electron chi connectivity index (χ4n) is 1.78. The Hall–Kier alpha value is -0.570. The molecular formula is C11H21NO2. The molecule has 3 nitrogen and oxygen atoms in total. The average molecular weight is 199 g/mol. The van der Waals surface area contributed by atoms with Gasteiger partial charge in [0, 0.05) is 26.2 Å². The monoisotopic (exact) mass is 199 g/mol. The molecule has 1 N–H and O–H groups in total. The van der Waals surface area contributed by atoms with Gasteiger partial charge in [-0.05, 0) is 31.6 Å². The van der Waals surface area contributed by atoms with E-state index in [-0.39, 0.29) is 5.91 Å². The van der Waals surface area contributed by atoms with Gasteiger partial charge in [-0.1, -0.05) is 6.92 Å². The topological polar surface area (TPSA) is 38.3 Å². The van der Waals surface area contributed by atoms with Gasteiger partial charge in [-0.2, -0.15) is 0 Å². The molecule has 82 valence electrons. The van der Waals surface area contributed by atoms with Crippen molar-refractivity contribution in [1.29, 1.82) is 0 Å². The van der Waals surface area contributed by atoms with Crippen molar-refractivity contribution in [2.75, 3.05) is 19.8 Å². The Kier molecular flexibility index (Phi) is 5.60. The van der Waals surface area contributed by atoms with Crippen LogP contribution in [0.3, 0.4) is 0 Å². The maximum absolute atomic E-state index is 10.9. The quantitative estimate of drug-likeness (QED) is 0.685. The van der Waals surface area contributed by atoms with Crippen LogP contribution in [-0.2, 0) is 9.53 Å². The average Bonchev–Trinajstić information content (AvgIpc) is 2.25. The predicted molar refractivity (Wildman–Crippen MR) is 56.1 cm³/mol. The molecule has 0 spiro atoms. The molecule has 1 saturated heterocycles. The molecule has 0 aromatic rings. The number of ether oxygens (including phenoxy) is 1. The van der Waals surface area contributed by atoms with Gasteiger partial charge in [0.1, 0.15) is 0 Å². The van der Waals surface area contributed by atoms with E-state index in [4.69, 9.17) is 4.74 Å². The first-order chi connectivity index (χ1) is 6.83. The molecule has 3 heteroatoms. The van der Waals surface area contributed by atoms with E-state index in [9.17, 15) is 4.79 Å². The number of rotatable bonds is 5. The van der Waals surface area contributed by atoms with Crippen molar-refractivity contribution >= 4 is 5.91 Å². The third-order valence-corrected chi connectivity index (χ3v) is 2.77. The normalized spacial score (nSPS) is 18.1. The van der Waals surface area contributed by atoms with Crippen LogP contribution in [0.15, 0.2) is 0 Å². The molecule has 1 aliphatic heterocycles. The molecule has 1 amide bonds. The van der Waals surface area contributed by atoms with Crippen LogP contribution in [0.1, 0.15) is 39.0 Å². The summed E-state index contributed by atoms with van der Waals surface area (Å²) in [6.07, 6.45) is 5.32. The minimum Gasteiger partial charge on any atom is -0.381 e. The third-order valence-electron chi connectivity index (χ3n) is 2.77. The lowest BCUT2D eigenvalue weighted by Gasteiger charge is -2.21. The van der Waals surface area contributed by atoms with Crippen LogP contribution >= 0.6 is 0 Å². The van der Waals surface area contributed by atoms with Crippen molar-refractivity contribution in [2.45, 2.75) is 39.0 Å². The van der Waals surface area contributed by atoms with E-state index >= 15 is 0 Å². The van der Waals surface area contributed by atoms with Gasteiger partial charge in [0.2, 0.25) is 5.91 Å². The van der Waals surface area contributed by atoms with Gasteiger partial charge >= 0.3 is 0 Å². The van der Waals surface area contributed by atoms with Crippen LogP contribution in [0.2, 0.25) is 0 Å². The highest BCUT2D eigenvalue weighted by molar-refractivity contribution is 5.75. The number of carbonyl (C=O) groups is 1. The Morgan fingerprint density at radius 1 is 1.43 bits per heavy atom. The van der Waals surface area contributed by atoms with Crippen molar-refractivity contribution in [2.24, 2.45) is 5.92 Å². The van der Waals surface area contributed by atoms with E-state index in [0.717, 1.165) is 32.1 Å². The van der Waals surface area contributed by atoms with Crippen molar-refractivity contribution in [1.82, 2.24) is 5.32 Å². The van der Waals surface area contributed by atoms with Crippen molar-refractivity contribution < 1.29 is 9.53 Å². The molecule has 1 heterocycles. The summed E-state index contributed by atoms with van der Waals surface area (Å²) in [6.45, 7) is 4.57. The molecule has 0 aliphatic carbocycles. The largest absolute Gasteiger partial charge is 0.381 e. The maximum atomic E-state index is 10.9. The Bertz CT molecular complexity index is 165. The zero-order valence-corrected chi connectivity index (χ0v) is 9.05. The molecule has 1 aliphatic rings. The Morgan fingerprint density at radius 3 is 2.79 bits per heavy atom. The molecule has 0 unspecified atom stereocenters. The minimum absolute atomic E-state index is 0.164. The van der Waals surface area contributed by atoms with Crippen molar-refractivity contribution in [3.63, 3.8) is 0 Å². The van der Waals surface area contributed by atoms with E-state index in [1.54, 1.807) is 0 Å². The van der Waals surface area contributed by atoms with E-state index < -0.39 is 0 Å². The molecule has 14 heavy (non-hydrogen) atoms. The van der Waals surface area contributed by atoms with Crippen LogP contribution in [0.4, 0.5) is 0 Å². The zero-order valence-electron chi connectivity index (χ0n) is 9.05. The SMILES string of the molecule is CCC(=O)NCCCC1CCOCC1. The number of hydrogen-bond acceptors (Lipinski definition) is 2. The molecule has 0 aromatic carbocycles. The highest BCUT2D eigenvalue weighted by Gasteiger charge is 2.12. The van der Waals surface area contributed by atoms with Crippen LogP contribution < -0.4 is 5.32 Å². The van der Waals surface area contributed by atoms with Gasteiger partial charge in [0.05, 0.1) is 0 Å². The summed E-state index contributed by atoms with van der Waals surface area (Å²) >= 11 is 0. The Morgan fingerprint density at radius 2 is 2.14 bits per heavy atom. The molecule has 1 fully saturated rings. The highest BCUT2D eigenvalue weighted by atomic mass is 16.5. The van der Waals surface area contributed by atoms with Crippen LogP contribution in [0.25, 0.3) is 0 Å². The van der Waals surface area contributed by atoms with Crippen LogP contribution in [0.5, 0.6) is 0 Å². The number of hydrogen-bond donors (Lipinski definition) is 1. The van der Waals surface area contributed by atoms with Gasteiger partial charge in [0.25, 0.3) is 0 Å². The summed E-state index contributed by atoms with van der Waals surface area (Å²) in [5.41, 5.74) is 0. The fraction of sp³-hybridized carbons (Fsp3) is 0.909. The standard InChI is InChI=1S/C11H21NO2/c1-2-11(13)12-7-3-4-10-5-8-14-9-6-10/h10H,2-9H2,1H3,(H,12,13). The summed E-state index contributed by atoms with van der Waals surface area (Å²) in [5, 5.41) is 2.90. The number of nitrogens with one attached hydrogen (secondary N) is 1. The lowest BCUT2D eigenvalue weighted by Crippen LogP contribution is -2.24. The number of carbonyl (C=O) groups excluding carboxylic acids is 1. The van der Waals surface area contributed by atoms with Gasteiger partial charge < -0.3 is 10.1 Å². The lowest BCUT2D eigenvalue weighted by molar-refractivity contribution is -0.120. The third kappa shape index (κ3) is 4.61. The molecule has 0 saturated carbocycles. The summed E-state index contributed by atoms with van der Waals surface area (Å²) < 4.78 is 5.29. The Labute approximate surface area is 86.2 Å².